The van der Waals surface area contributed by atoms with Gasteiger partial charge in [0.25, 0.3) is 0 Å². The summed E-state index contributed by atoms with van der Waals surface area (Å²) in [7, 11) is 0. The van der Waals surface area contributed by atoms with Crippen molar-refractivity contribution < 1.29 is 14.3 Å². The number of rotatable bonds is 4. The van der Waals surface area contributed by atoms with Crippen LogP contribution in [0.3, 0.4) is 0 Å². The van der Waals surface area contributed by atoms with Crippen LogP contribution < -0.4 is 4.74 Å². The number of ether oxygens (including phenoxy) is 2. The Morgan fingerprint density at radius 1 is 1.39 bits per heavy atom. The molecule has 98 valence electrons. The first-order chi connectivity index (χ1) is 8.79. The third-order valence-electron chi connectivity index (χ3n) is 2.91. The highest BCUT2D eigenvalue weighted by atomic mass is 16.5. The Bertz CT molecular complexity index is 383. The van der Waals surface area contributed by atoms with E-state index in [9.17, 15) is 4.79 Å². The van der Waals surface area contributed by atoms with Gasteiger partial charge in [0.15, 0.2) is 0 Å². The highest BCUT2D eigenvalue weighted by Crippen LogP contribution is 2.13. The van der Waals surface area contributed by atoms with Crippen molar-refractivity contribution in [3.63, 3.8) is 0 Å². The van der Waals surface area contributed by atoms with Gasteiger partial charge in [-0.2, -0.15) is 0 Å². The van der Waals surface area contributed by atoms with E-state index in [1.54, 1.807) is 4.90 Å². The molecule has 1 aromatic carbocycles. The van der Waals surface area contributed by atoms with E-state index in [1.807, 2.05) is 31.2 Å². The summed E-state index contributed by atoms with van der Waals surface area (Å²) in [6.07, 6.45) is 1.35. The molecule has 0 aliphatic carbocycles. The van der Waals surface area contributed by atoms with Crippen LogP contribution in [0.1, 0.15) is 18.9 Å². The highest BCUT2D eigenvalue weighted by molar-refractivity contribution is 5.78. The fraction of sp³-hybridized carbons (Fsp3) is 0.500. The standard InChI is InChI=1S/C14H19NO3/c1-2-18-13-6-4-12(5-7-13)10-14(16)15-8-3-9-17-11-15/h4-7H,2-3,8-11H2,1H3. The largest absolute Gasteiger partial charge is 0.494 e. The number of nitrogens with zero attached hydrogens (tertiary/aromatic N) is 1. The van der Waals surface area contributed by atoms with Gasteiger partial charge in [-0.1, -0.05) is 12.1 Å². The van der Waals surface area contributed by atoms with E-state index in [0.29, 0.717) is 19.8 Å². The van der Waals surface area contributed by atoms with Gasteiger partial charge in [0.2, 0.25) is 5.91 Å². The van der Waals surface area contributed by atoms with Crippen LogP contribution in [0.2, 0.25) is 0 Å². The van der Waals surface area contributed by atoms with Gasteiger partial charge >= 0.3 is 0 Å². The van der Waals surface area contributed by atoms with Crippen molar-refractivity contribution in [1.82, 2.24) is 4.90 Å². The molecule has 0 atom stereocenters. The van der Waals surface area contributed by atoms with Gasteiger partial charge in [-0.15, -0.1) is 0 Å². The number of carbonyl (C=O) groups is 1. The minimum atomic E-state index is 0.124. The van der Waals surface area contributed by atoms with Crippen LogP contribution >= 0.6 is 0 Å². The fourth-order valence-corrected chi connectivity index (χ4v) is 1.95. The lowest BCUT2D eigenvalue weighted by atomic mass is 10.1. The van der Waals surface area contributed by atoms with E-state index in [4.69, 9.17) is 9.47 Å². The van der Waals surface area contributed by atoms with Gasteiger partial charge in [0.1, 0.15) is 12.5 Å². The number of hydrogen-bond donors (Lipinski definition) is 0. The van der Waals surface area contributed by atoms with Crippen LogP contribution in [0.5, 0.6) is 5.75 Å². The molecule has 2 rings (SSSR count). The molecular weight excluding hydrogens is 230 g/mol. The third kappa shape index (κ3) is 3.47. The van der Waals surface area contributed by atoms with E-state index in [0.717, 1.165) is 30.9 Å². The van der Waals surface area contributed by atoms with Crippen LogP contribution in [0, 0.1) is 0 Å². The Kier molecular flexibility index (Phi) is 4.59. The van der Waals surface area contributed by atoms with Crippen molar-refractivity contribution in [3.8, 4) is 5.75 Å². The summed E-state index contributed by atoms with van der Waals surface area (Å²) >= 11 is 0. The number of carbonyl (C=O) groups excluding carboxylic acids is 1. The van der Waals surface area contributed by atoms with E-state index >= 15 is 0 Å². The van der Waals surface area contributed by atoms with E-state index < -0.39 is 0 Å². The summed E-state index contributed by atoms with van der Waals surface area (Å²) in [5, 5.41) is 0. The van der Waals surface area contributed by atoms with Gasteiger partial charge < -0.3 is 14.4 Å². The number of hydrogen-bond acceptors (Lipinski definition) is 3. The molecule has 1 aliphatic heterocycles. The average Bonchev–Trinajstić information content (AvgIpc) is 2.42. The van der Waals surface area contributed by atoms with E-state index in [1.165, 1.54) is 0 Å². The molecule has 1 fully saturated rings. The van der Waals surface area contributed by atoms with Crippen LogP contribution in [0.25, 0.3) is 0 Å². The first-order valence-electron chi connectivity index (χ1n) is 6.37. The Morgan fingerprint density at radius 2 is 2.17 bits per heavy atom. The fourth-order valence-electron chi connectivity index (χ4n) is 1.95. The van der Waals surface area contributed by atoms with Crippen molar-refractivity contribution in [1.29, 1.82) is 0 Å². The molecule has 1 heterocycles. The van der Waals surface area contributed by atoms with Gasteiger partial charge in [-0.3, -0.25) is 4.79 Å². The second-order valence-electron chi connectivity index (χ2n) is 4.30. The van der Waals surface area contributed by atoms with Gasteiger partial charge in [-0.05, 0) is 31.0 Å². The molecule has 0 aromatic heterocycles. The number of amides is 1. The molecule has 1 aromatic rings. The molecule has 4 nitrogen and oxygen atoms in total. The van der Waals surface area contributed by atoms with Crippen LogP contribution in [-0.2, 0) is 16.0 Å². The second-order valence-corrected chi connectivity index (χ2v) is 4.30. The van der Waals surface area contributed by atoms with Crippen molar-refractivity contribution in [2.45, 2.75) is 19.8 Å². The molecule has 0 unspecified atom stereocenters. The summed E-state index contributed by atoms with van der Waals surface area (Å²) in [5.41, 5.74) is 1.01. The maximum Gasteiger partial charge on any atom is 0.228 e. The Labute approximate surface area is 107 Å². The molecule has 0 bridgehead atoms. The molecule has 0 N–H and O–H groups in total. The smallest absolute Gasteiger partial charge is 0.228 e. The monoisotopic (exact) mass is 249 g/mol. The summed E-state index contributed by atoms with van der Waals surface area (Å²) in [4.78, 5) is 13.8. The minimum absolute atomic E-state index is 0.124. The first kappa shape index (κ1) is 12.9. The Morgan fingerprint density at radius 3 is 2.78 bits per heavy atom. The molecule has 1 aliphatic rings. The van der Waals surface area contributed by atoms with Crippen molar-refractivity contribution >= 4 is 5.91 Å². The zero-order valence-electron chi connectivity index (χ0n) is 10.7. The Hall–Kier alpha value is -1.55. The normalized spacial score (nSPS) is 15.5. The number of benzene rings is 1. The van der Waals surface area contributed by atoms with E-state index in [-0.39, 0.29) is 5.91 Å². The molecule has 4 heteroatoms. The predicted molar refractivity (Wildman–Crippen MR) is 68.5 cm³/mol. The van der Waals surface area contributed by atoms with Gasteiger partial charge in [-0.25, -0.2) is 0 Å². The first-order valence-corrected chi connectivity index (χ1v) is 6.37. The lowest BCUT2D eigenvalue weighted by molar-refractivity contribution is -0.139. The summed E-state index contributed by atoms with van der Waals surface area (Å²) in [6.45, 7) is 4.59. The molecule has 1 saturated heterocycles. The Balaban J connectivity index is 1.89. The zero-order chi connectivity index (χ0) is 12.8. The zero-order valence-corrected chi connectivity index (χ0v) is 10.7. The van der Waals surface area contributed by atoms with Crippen LogP contribution in [0.15, 0.2) is 24.3 Å². The summed E-state index contributed by atoms with van der Waals surface area (Å²) < 4.78 is 10.6. The van der Waals surface area contributed by atoms with Gasteiger partial charge in [0, 0.05) is 6.54 Å². The maximum absolute atomic E-state index is 12.0. The minimum Gasteiger partial charge on any atom is -0.494 e. The van der Waals surface area contributed by atoms with Crippen molar-refractivity contribution in [2.24, 2.45) is 0 Å². The third-order valence-corrected chi connectivity index (χ3v) is 2.91. The van der Waals surface area contributed by atoms with Crippen molar-refractivity contribution in [3.05, 3.63) is 29.8 Å². The van der Waals surface area contributed by atoms with Crippen molar-refractivity contribution in [2.75, 3.05) is 26.5 Å². The quantitative estimate of drug-likeness (QED) is 0.817. The summed E-state index contributed by atoms with van der Waals surface area (Å²) in [5.74, 6) is 0.967. The molecular formula is C14H19NO3. The average molecular weight is 249 g/mol. The lowest BCUT2D eigenvalue weighted by Crippen LogP contribution is -2.39. The van der Waals surface area contributed by atoms with Gasteiger partial charge in [0.05, 0.1) is 19.6 Å². The predicted octanol–water partition coefficient (Wildman–Crippen LogP) is 1.83. The topological polar surface area (TPSA) is 38.8 Å². The molecule has 1 amide bonds. The van der Waals surface area contributed by atoms with Crippen LogP contribution in [0.4, 0.5) is 0 Å². The highest BCUT2D eigenvalue weighted by Gasteiger charge is 2.16. The maximum atomic E-state index is 12.0. The lowest BCUT2D eigenvalue weighted by Gasteiger charge is -2.26. The molecule has 0 spiro atoms. The van der Waals surface area contributed by atoms with Crippen LogP contribution in [-0.4, -0.2) is 37.3 Å². The molecule has 0 radical (unpaired) electrons. The van der Waals surface area contributed by atoms with E-state index in [2.05, 4.69) is 0 Å². The molecule has 18 heavy (non-hydrogen) atoms. The molecule has 0 saturated carbocycles. The summed E-state index contributed by atoms with van der Waals surface area (Å²) in [6, 6.07) is 7.68. The second kappa shape index (κ2) is 6.40. The SMILES string of the molecule is CCOc1ccc(CC(=O)N2CCCOC2)cc1.